The number of aromatic nitrogens is 2. The number of carboxylic acids is 1. The van der Waals surface area contributed by atoms with Gasteiger partial charge in [0.25, 0.3) is 0 Å². The Morgan fingerprint density at radius 2 is 1.71 bits per heavy atom. The van der Waals surface area contributed by atoms with E-state index in [0.29, 0.717) is 11.0 Å². The summed E-state index contributed by atoms with van der Waals surface area (Å²) in [5.74, 6) is -1.80. The maximum Gasteiger partial charge on any atom is 0.335 e. The van der Waals surface area contributed by atoms with E-state index in [2.05, 4.69) is 5.32 Å². The van der Waals surface area contributed by atoms with Gasteiger partial charge in [0, 0.05) is 13.5 Å². The molecule has 4 rings (SSSR count). The van der Waals surface area contributed by atoms with E-state index in [1.165, 1.54) is 21.3 Å². The van der Waals surface area contributed by atoms with Crippen LogP contribution in [0.3, 0.4) is 0 Å². The number of benzene rings is 2. The zero-order valence-corrected chi connectivity index (χ0v) is 15.0. The Kier molecular flexibility index (Phi) is 4.11. The molecule has 1 aliphatic heterocycles. The predicted molar refractivity (Wildman–Crippen MR) is 101 cm³/mol. The van der Waals surface area contributed by atoms with E-state index >= 15 is 0 Å². The minimum Gasteiger partial charge on any atom is -0.478 e. The molecule has 0 radical (unpaired) electrons. The summed E-state index contributed by atoms with van der Waals surface area (Å²) in [5.41, 5.74) is 2.75. The fourth-order valence-corrected chi connectivity index (χ4v) is 3.58. The first-order valence-electron chi connectivity index (χ1n) is 8.75. The van der Waals surface area contributed by atoms with Gasteiger partial charge < -0.3 is 5.11 Å². The number of rotatable bonds is 3. The van der Waals surface area contributed by atoms with Gasteiger partial charge in [-0.25, -0.2) is 9.59 Å². The Labute approximate surface area is 159 Å². The lowest BCUT2D eigenvalue weighted by molar-refractivity contribution is -0.135. The van der Waals surface area contributed by atoms with Gasteiger partial charge in [0.05, 0.1) is 16.6 Å². The van der Waals surface area contributed by atoms with Gasteiger partial charge in [-0.1, -0.05) is 18.2 Å². The largest absolute Gasteiger partial charge is 0.478 e. The second kappa shape index (κ2) is 6.49. The number of hydrogen-bond acceptors (Lipinski definition) is 4. The minimum absolute atomic E-state index is 0.188. The van der Waals surface area contributed by atoms with Gasteiger partial charge in [0.1, 0.15) is 6.04 Å². The first-order chi connectivity index (χ1) is 13.4. The van der Waals surface area contributed by atoms with Crippen LogP contribution in [0.1, 0.15) is 29.2 Å². The predicted octanol–water partition coefficient (Wildman–Crippen LogP) is 1.68. The Morgan fingerprint density at radius 1 is 1.04 bits per heavy atom. The molecule has 8 heteroatoms. The van der Waals surface area contributed by atoms with Crippen LogP contribution in [0.25, 0.3) is 22.2 Å². The van der Waals surface area contributed by atoms with Gasteiger partial charge in [-0.3, -0.25) is 24.0 Å². The van der Waals surface area contributed by atoms with Crippen LogP contribution in [0.5, 0.6) is 0 Å². The van der Waals surface area contributed by atoms with Crippen molar-refractivity contribution in [2.45, 2.75) is 18.9 Å². The highest BCUT2D eigenvalue weighted by Gasteiger charge is 2.31. The van der Waals surface area contributed by atoms with Crippen LogP contribution in [-0.2, 0) is 16.6 Å². The minimum atomic E-state index is -0.995. The van der Waals surface area contributed by atoms with E-state index < -0.39 is 17.9 Å². The van der Waals surface area contributed by atoms with E-state index in [9.17, 15) is 19.2 Å². The highest BCUT2D eigenvalue weighted by atomic mass is 16.4. The molecule has 1 aliphatic rings. The number of carbonyl (C=O) groups is 3. The zero-order valence-electron chi connectivity index (χ0n) is 15.0. The molecule has 8 nitrogen and oxygen atoms in total. The summed E-state index contributed by atoms with van der Waals surface area (Å²) in [4.78, 5) is 47.4. The van der Waals surface area contributed by atoms with Gasteiger partial charge in [-0.2, -0.15) is 0 Å². The standard InChI is InChI=1S/C20H17N3O5/c1-22-16-10-13(11-2-4-12(5-3-11)19(26)27)6-7-14(16)23(20(22)28)15-8-9-17(24)21-18(15)25/h2-7,10,15H,8-9H2,1H3,(H,26,27)(H,21,24,25). The van der Waals surface area contributed by atoms with Gasteiger partial charge in [0.2, 0.25) is 11.8 Å². The molecule has 0 aliphatic carbocycles. The number of piperidine rings is 1. The Bertz CT molecular complexity index is 1190. The summed E-state index contributed by atoms with van der Waals surface area (Å²) in [6.07, 6.45) is 0.468. The molecule has 1 fully saturated rings. The van der Waals surface area contributed by atoms with Crippen LogP contribution >= 0.6 is 0 Å². The third-order valence-electron chi connectivity index (χ3n) is 5.08. The number of hydrogen-bond donors (Lipinski definition) is 2. The Balaban J connectivity index is 1.80. The van der Waals surface area contributed by atoms with Crippen molar-refractivity contribution in [3.05, 3.63) is 58.5 Å². The maximum absolute atomic E-state index is 12.8. The molecule has 2 amide bonds. The van der Waals surface area contributed by atoms with Crippen LogP contribution in [0.4, 0.5) is 0 Å². The molecule has 0 bridgehead atoms. The van der Waals surface area contributed by atoms with Crippen LogP contribution in [0, 0.1) is 0 Å². The first-order valence-corrected chi connectivity index (χ1v) is 8.75. The fraction of sp³-hybridized carbons (Fsp3) is 0.200. The highest BCUT2D eigenvalue weighted by molar-refractivity contribution is 6.00. The normalized spacial score (nSPS) is 17.0. The van der Waals surface area contributed by atoms with Gasteiger partial charge in [-0.15, -0.1) is 0 Å². The molecular weight excluding hydrogens is 362 g/mol. The molecule has 1 atom stereocenters. The van der Waals surface area contributed by atoms with Crippen molar-refractivity contribution in [2.75, 3.05) is 0 Å². The van der Waals surface area contributed by atoms with E-state index in [1.807, 2.05) is 12.1 Å². The number of fused-ring (bicyclic) bond motifs is 1. The monoisotopic (exact) mass is 379 g/mol. The summed E-state index contributed by atoms with van der Waals surface area (Å²) in [5, 5.41) is 11.3. The van der Waals surface area contributed by atoms with Crippen LogP contribution in [0.2, 0.25) is 0 Å². The number of aromatic carboxylic acids is 1. The summed E-state index contributed by atoms with van der Waals surface area (Å²) >= 11 is 0. The molecule has 3 aromatic rings. The summed E-state index contributed by atoms with van der Waals surface area (Å²) in [7, 11) is 1.63. The molecule has 1 saturated heterocycles. The van der Waals surface area contributed by atoms with Gasteiger partial charge in [-0.05, 0) is 41.8 Å². The van der Waals surface area contributed by atoms with Crippen molar-refractivity contribution in [3.63, 3.8) is 0 Å². The maximum atomic E-state index is 12.8. The summed E-state index contributed by atoms with van der Waals surface area (Å²) in [6, 6.07) is 11.1. The molecule has 0 spiro atoms. The number of carboxylic acid groups (broad SMARTS) is 1. The lowest BCUT2D eigenvalue weighted by Crippen LogP contribution is -2.44. The molecule has 0 saturated carbocycles. The molecule has 142 valence electrons. The van der Waals surface area contributed by atoms with Crippen LogP contribution in [-0.4, -0.2) is 32.0 Å². The SMILES string of the molecule is Cn1c(=O)n(C2CCC(=O)NC2=O)c2ccc(-c3ccc(C(=O)O)cc3)cc21. The summed E-state index contributed by atoms with van der Waals surface area (Å²) in [6.45, 7) is 0. The fourth-order valence-electron chi connectivity index (χ4n) is 3.58. The van der Waals surface area contributed by atoms with Crippen molar-refractivity contribution in [2.24, 2.45) is 7.05 Å². The molecule has 2 N–H and O–H groups in total. The number of carbonyl (C=O) groups excluding carboxylic acids is 2. The number of nitrogens with zero attached hydrogens (tertiary/aromatic N) is 2. The van der Waals surface area contributed by atoms with Crippen LogP contribution < -0.4 is 11.0 Å². The molecular formula is C20H17N3O5. The number of nitrogens with one attached hydrogen (secondary N) is 1. The lowest BCUT2D eigenvalue weighted by atomic mass is 10.0. The van der Waals surface area contributed by atoms with Crippen molar-refractivity contribution < 1.29 is 19.5 Å². The molecule has 1 unspecified atom stereocenters. The smallest absolute Gasteiger partial charge is 0.335 e. The quantitative estimate of drug-likeness (QED) is 0.673. The Hall–Kier alpha value is -3.68. The topological polar surface area (TPSA) is 110 Å². The third-order valence-corrected chi connectivity index (χ3v) is 5.08. The van der Waals surface area contributed by atoms with Crippen molar-refractivity contribution in [1.29, 1.82) is 0 Å². The van der Waals surface area contributed by atoms with Gasteiger partial charge >= 0.3 is 11.7 Å². The molecule has 2 heterocycles. The van der Waals surface area contributed by atoms with E-state index in [-0.39, 0.29) is 30.0 Å². The van der Waals surface area contributed by atoms with Gasteiger partial charge in [0.15, 0.2) is 0 Å². The van der Waals surface area contributed by atoms with Crippen molar-refractivity contribution in [3.8, 4) is 11.1 Å². The van der Waals surface area contributed by atoms with E-state index in [1.54, 1.807) is 25.2 Å². The molecule has 2 aromatic carbocycles. The molecule has 1 aromatic heterocycles. The summed E-state index contributed by atoms with van der Waals surface area (Å²) < 4.78 is 2.89. The lowest BCUT2D eigenvalue weighted by Gasteiger charge is -2.21. The third kappa shape index (κ3) is 2.79. The second-order valence-corrected chi connectivity index (χ2v) is 6.76. The van der Waals surface area contributed by atoms with Crippen LogP contribution in [0.15, 0.2) is 47.3 Å². The number of amides is 2. The number of imide groups is 1. The first kappa shape index (κ1) is 17.7. The average Bonchev–Trinajstić information content (AvgIpc) is 2.92. The van der Waals surface area contributed by atoms with Crippen molar-refractivity contribution >= 4 is 28.8 Å². The molecule has 28 heavy (non-hydrogen) atoms. The number of imidazole rings is 1. The average molecular weight is 379 g/mol. The van der Waals surface area contributed by atoms with E-state index in [4.69, 9.17) is 5.11 Å². The van der Waals surface area contributed by atoms with E-state index in [0.717, 1.165) is 11.1 Å². The second-order valence-electron chi connectivity index (χ2n) is 6.76. The zero-order chi connectivity index (χ0) is 20.0. The number of aryl methyl sites for hydroxylation is 1. The highest BCUT2D eigenvalue weighted by Crippen LogP contribution is 2.27. The van der Waals surface area contributed by atoms with Crippen molar-refractivity contribution in [1.82, 2.24) is 14.5 Å². The Morgan fingerprint density at radius 3 is 2.36 bits per heavy atom.